The molecule has 0 aromatic carbocycles. The average Bonchev–Trinajstić information content (AvgIpc) is 3.28. The highest BCUT2D eigenvalue weighted by Crippen LogP contribution is 2.30. The number of hydrogen-bond donors (Lipinski definition) is 3. The Morgan fingerprint density at radius 2 is 2.19 bits per heavy atom. The predicted molar refractivity (Wildman–Crippen MR) is 123 cm³/mol. The summed E-state index contributed by atoms with van der Waals surface area (Å²) < 4.78 is 5.81. The zero-order valence-corrected chi connectivity index (χ0v) is 18.8. The number of aromatic nitrogens is 2. The van der Waals surface area contributed by atoms with Crippen LogP contribution < -0.4 is 16.0 Å². The Bertz CT molecular complexity index is 930. The van der Waals surface area contributed by atoms with E-state index in [0.717, 1.165) is 56.0 Å². The fourth-order valence-electron chi connectivity index (χ4n) is 4.27. The third kappa shape index (κ3) is 5.73. The first-order valence-electron chi connectivity index (χ1n) is 10.9. The molecule has 0 bridgehead atoms. The van der Waals surface area contributed by atoms with Crippen LogP contribution in [0.2, 0.25) is 5.02 Å². The van der Waals surface area contributed by atoms with Gasteiger partial charge in [0.15, 0.2) is 0 Å². The van der Waals surface area contributed by atoms with Crippen LogP contribution in [0.3, 0.4) is 0 Å². The summed E-state index contributed by atoms with van der Waals surface area (Å²) in [4.78, 5) is 21.4. The number of nitrogens with one attached hydrogen (secondary N) is 3. The van der Waals surface area contributed by atoms with Crippen LogP contribution in [-0.4, -0.2) is 47.7 Å². The second kappa shape index (κ2) is 9.51. The molecule has 8 heteroatoms. The lowest BCUT2D eigenvalue weighted by atomic mass is 9.88. The van der Waals surface area contributed by atoms with Gasteiger partial charge in [-0.3, -0.25) is 4.79 Å². The van der Waals surface area contributed by atoms with Gasteiger partial charge < -0.3 is 20.7 Å². The number of ether oxygens (including phenoxy) is 1. The Morgan fingerprint density at radius 1 is 1.32 bits per heavy atom. The molecule has 0 spiro atoms. The van der Waals surface area contributed by atoms with Crippen molar-refractivity contribution in [2.24, 2.45) is 11.8 Å². The minimum atomic E-state index is -0.0696. The van der Waals surface area contributed by atoms with Crippen molar-refractivity contribution in [3.8, 4) is 11.3 Å². The Labute approximate surface area is 188 Å². The highest BCUT2D eigenvalue weighted by molar-refractivity contribution is 6.33. The van der Waals surface area contributed by atoms with Crippen molar-refractivity contribution in [1.29, 1.82) is 0 Å². The maximum atomic E-state index is 12.4. The van der Waals surface area contributed by atoms with E-state index < -0.39 is 0 Å². The minimum absolute atomic E-state index is 0.0199. The van der Waals surface area contributed by atoms with Gasteiger partial charge in [0.2, 0.25) is 5.91 Å². The summed E-state index contributed by atoms with van der Waals surface area (Å²) in [6, 6.07) is 7.61. The van der Waals surface area contributed by atoms with Gasteiger partial charge in [-0.05, 0) is 63.8 Å². The summed E-state index contributed by atoms with van der Waals surface area (Å²) in [5.74, 6) is 1.79. The van der Waals surface area contributed by atoms with Crippen molar-refractivity contribution in [2.45, 2.75) is 38.7 Å². The Hall–Kier alpha value is -2.22. The standard InChI is InChI=1S/C23H30ClN5O2/c1-23(2)11-15(7-9-31-23)12-26-20-5-3-4-19(28-20)17-10-21(27-14-18(17)24)29-22(30)16-6-8-25-13-16/h3-5,10,14-16,25H,6-9,11-13H2,1-2H3,(H,26,28)(H,27,29,30). The van der Waals surface area contributed by atoms with Crippen molar-refractivity contribution in [2.75, 3.05) is 36.9 Å². The molecular weight excluding hydrogens is 414 g/mol. The monoisotopic (exact) mass is 443 g/mol. The third-order valence-corrected chi connectivity index (χ3v) is 6.23. The smallest absolute Gasteiger partial charge is 0.229 e. The van der Waals surface area contributed by atoms with Crippen molar-refractivity contribution in [3.05, 3.63) is 35.5 Å². The van der Waals surface area contributed by atoms with Gasteiger partial charge in [0.25, 0.3) is 0 Å². The molecule has 0 radical (unpaired) electrons. The molecule has 31 heavy (non-hydrogen) atoms. The summed E-state index contributed by atoms with van der Waals surface area (Å²) in [6.45, 7) is 7.50. The summed E-state index contributed by atoms with van der Waals surface area (Å²) in [6.07, 6.45) is 4.47. The van der Waals surface area contributed by atoms with Crippen molar-refractivity contribution >= 4 is 29.1 Å². The van der Waals surface area contributed by atoms with Crippen LogP contribution in [0.5, 0.6) is 0 Å². The second-order valence-corrected chi connectivity index (χ2v) is 9.39. The molecule has 2 unspecified atom stereocenters. The number of amides is 1. The lowest BCUT2D eigenvalue weighted by Gasteiger charge is -2.35. The first-order chi connectivity index (χ1) is 14.9. The van der Waals surface area contributed by atoms with E-state index in [1.807, 2.05) is 18.2 Å². The summed E-state index contributed by atoms with van der Waals surface area (Å²) in [5, 5.41) is 10.1. The van der Waals surface area contributed by atoms with E-state index in [4.69, 9.17) is 21.3 Å². The first-order valence-corrected chi connectivity index (χ1v) is 11.3. The molecule has 166 valence electrons. The second-order valence-electron chi connectivity index (χ2n) is 8.98. The van der Waals surface area contributed by atoms with Gasteiger partial charge in [-0.2, -0.15) is 0 Å². The number of hydrogen-bond acceptors (Lipinski definition) is 6. The third-order valence-electron chi connectivity index (χ3n) is 5.93. The van der Waals surface area contributed by atoms with Crippen molar-refractivity contribution < 1.29 is 9.53 Å². The zero-order valence-electron chi connectivity index (χ0n) is 18.1. The van der Waals surface area contributed by atoms with Crippen molar-refractivity contribution in [1.82, 2.24) is 15.3 Å². The fourth-order valence-corrected chi connectivity index (χ4v) is 4.47. The highest BCUT2D eigenvalue weighted by atomic mass is 35.5. The van der Waals surface area contributed by atoms with E-state index in [9.17, 15) is 4.79 Å². The van der Waals surface area contributed by atoms with E-state index in [1.165, 1.54) is 0 Å². The average molecular weight is 444 g/mol. The number of anilines is 2. The van der Waals surface area contributed by atoms with Gasteiger partial charge in [0, 0.05) is 31.5 Å². The van der Waals surface area contributed by atoms with Gasteiger partial charge in [-0.25, -0.2) is 9.97 Å². The number of carbonyl (C=O) groups excluding carboxylic acids is 1. The molecule has 2 fully saturated rings. The summed E-state index contributed by atoms with van der Waals surface area (Å²) >= 11 is 6.42. The van der Waals surface area contributed by atoms with Crippen LogP contribution in [0.15, 0.2) is 30.5 Å². The molecule has 2 atom stereocenters. The van der Waals surface area contributed by atoms with E-state index in [-0.39, 0.29) is 17.4 Å². The van der Waals surface area contributed by atoms with Gasteiger partial charge in [-0.15, -0.1) is 0 Å². The number of nitrogens with zero attached hydrogens (tertiary/aromatic N) is 2. The molecule has 2 aromatic rings. The van der Waals surface area contributed by atoms with E-state index in [2.05, 4.69) is 34.8 Å². The quantitative estimate of drug-likeness (QED) is 0.626. The molecule has 2 saturated heterocycles. The Morgan fingerprint density at radius 3 is 2.97 bits per heavy atom. The zero-order chi connectivity index (χ0) is 21.8. The van der Waals surface area contributed by atoms with Gasteiger partial charge in [0.1, 0.15) is 11.6 Å². The van der Waals surface area contributed by atoms with Crippen LogP contribution in [-0.2, 0) is 9.53 Å². The van der Waals surface area contributed by atoms with Gasteiger partial charge in [-0.1, -0.05) is 17.7 Å². The van der Waals surface area contributed by atoms with E-state index >= 15 is 0 Å². The molecule has 2 aliphatic heterocycles. The number of halogens is 1. The van der Waals surface area contributed by atoms with Crippen LogP contribution in [0.1, 0.15) is 33.1 Å². The lowest BCUT2D eigenvalue weighted by molar-refractivity contribution is -0.119. The summed E-state index contributed by atoms with van der Waals surface area (Å²) in [5.41, 5.74) is 1.41. The molecule has 3 N–H and O–H groups in total. The normalized spacial score (nSPS) is 22.8. The number of carbonyl (C=O) groups is 1. The molecule has 4 rings (SSSR count). The maximum absolute atomic E-state index is 12.4. The van der Waals surface area contributed by atoms with E-state index in [1.54, 1.807) is 12.3 Å². The molecule has 2 aliphatic rings. The first kappa shape index (κ1) is 22.0. The van der Waals surface area contributed by atoms with Crippen LogP contribution in [0.4, 0.5) is 11.6 Å². The largest absolute Gasteiger partial charge is 0.376 e. The van der Waals surface area contributed by atoms with Crippen molar-refractivity contribution in [3.63, 3.8) is 0 Å². The van der Waals surface area contributed by atoms with Crippen LogP contribution in [0, 0.1) is 11.8 Å². The number of pyridine rings is 2. The predicted octanol–water partition coefficient (Wildman–Crippen LogP) is 3.96. The molecular formula is C23H30ClN5O2. The number of rotatable bonds is 6. The SMILES string of the molecule is CC1(C)CC(CNc2cccc(-c3cc(NC(=O)C4CCNC4)ncc3Cl)n2)CCO1. The minimum Gasteiger partial charge on any atom is -0.376 e. The maximum Gasteiger partial charge on any atom is 0.229 e. The fraction of sp³-hybridized carbons (Fsp3) is 0.522. The molecule has 2 aromatic heterocycles. The van der Waals surface area contributed by atoms with E-state index in [0.29, 0.717) is 23.3 Å². The topological polar surface area (TPSA) is 88.2 Å². The van der Waals surface area contributed by atoms with Crippen LogP contribution in [0.25, 0.3) is 11.3 Å². The van der Waals surface area contributed by atoms with Gasteiger partial charge >= 0.3 is 0 Å². The highest BCUT2D eigenvalue weighted by Gasteiger charge is 2.28. The molecule has 0 aliphatic carbocycles. The van der Waals surface area contributed by atoms with Crippen LogP contribution >= 0.6 is 11.6 Å². The summed E-state index contributed by atoms with van der Waals surface area (Å²) in [7, 11) is 0. The molecule has 1 amide bonds. The lowest BCUT2D eigenvalue weighted by Crippen LogP contribution is -2.36. The molecule has 4 heterocycles. The van der Waals surface area contributed by atoms with Gasteiger partial charge in [0.05, 0.1) is 22.2 Å². The Balaban J connectivity index is 1.44. The molecule has 7 nitrogen and oxygen atoms in total. The Kier molecular flexibility index (Phi) is 6.74. The molecule has 0 saturated carbocycles.